The van der Waals surface area contributed by atoms with E-state index >= 15 is 0 Å². The van der Waals surface area contributed by atoms with Crippen molar-refractivity contribution in [1.29, 1.82) is 0 Å². The second kappa shape index (κ2) is 3.93. The normalized spacial score (nSPS) is 24.6. The van der Waals surface area contributed by atoms with Crippen LogP contribution in [0.25, 0.3) is 0 Å². The van der Waals surface area contributed by atoms with Crippen LogP contribution in [0.5, 0.6) is 0 Å². The average Bonchev–Trinajstić information content (AvgIpc) is 2.94. The van der Waals surface area contributed by atoms with Crippen LogP contribution in [0.3, 0.4) is 0 Å². The lowest BCUT2D eigenvalue weighted by atomic mass is 10.1. The third kappa shape index (κ3) is 2.18. The summed E-state index contributed by atoms with van der Waals surface area (Å²) < 4.78 is 37.3. The van der Waals surface area contributed by atoms with Gasteiger partial charge in [0.25, 0.3) is 0 Å². The van der Waals surface area contributed by atoms with E-state index in [1.54, 1.807) is 0 Å². The molecule has 2 rings (SSSR count). The van der Waals surface area contributed by atoms with Gasteiger partial charge in [-0.25, -0.2) is 0 Å². The van der Waals surface area contributed by atoms with Crippen molar-refractivity contribution in [3.63, 3.8) is 0 Å². The van der Waals surface area contributed by atoms with Crippen molar-refractivity contribution in [3.8, 4) is 0 Å². The summed E-state index contributed by atoms with van der Waals surface area (Å²) in [5.41, 5.74) is 5.57. The summed E-state index contributed by atoms with van der Waals surface area (Å²) in [5, 5.41) is -0.229. The van der Waals surface area contributed by atoms with Gasteiger partial charge in [0.2, 0.25) is 0 Å². The lowest BCUT2D eigenvalue weighted by Crippen LogP contribution is -2.06. The minimum absolute atomic E-state index is 0.229. The van der Waals surface area contributed by atoms with E-state index in [9.17, 15) is 13.2 Å². The summed E-state index contributed by atoms with van der Waals surface area (Å²) >= 11 is 5.63. The minimum atomic E-state index is -4.38. The summed E-state index contributed by atoms with van der Waals surface area (Å²) in [7, 11) is 0. The Morgan fingerprint density at radius 1 is 1.38 bits per heavy atom. The van der Waals surface area contributed by atoms with Crippen LogP contribution in [0.2, 0.25) is 5.02 Å². The van der Waals surface area contributed by atoms with Crippen molar-refractivity contribution in [3.05, 3.63) is 34.3 Å². The van der Waals surface area contributed by atoms with Crippen LogP contribution in [-0.4, -0.2) is 6.54 Å². The monoisotopic (exact) mass is 249 g/mol. The topological polar surface area (TPSA) is 26.0 Å². The predicted octanol–water partition coefficient (Wildman–Crippen LogP) is 3.42. The summed E-state index contributed by atoms with van der Waals surface area (Å²) in [6.07, 6.45) is -3.44. The largest absolute Gasteiger partial charge is 0.417 e. The molecule has 0 amide bonds. The zero-order valence-electron chi connectivity index (χ0n) is 8.39. The molecule has 88 valence electrons. The highest BCUT2D eigenvalue weighted by molar-refractivity contribution is 6.31. The maximum absolute atomic E-state index is 12.4. The fourth-order valence-corrected chi connectivity index (χ4v) is 2.20. The molecule has 1 fully saturated rings. The van der Waals surface area contributed by atoms with Crippen molar-refractivity contribution in [1.82, 2.24) is 0 Å². The molecule has 1 aromatic rings. The Balaban J connectivity index is 2.24. The van der Waals surface area contributed by atoms with Crippen LogP contribution >= 0.6 is 11.6 Å². The quantitative estimate of drug-likeness (QED) is 0.854. The van der Waals surface area contributed by atoms with Gasteiger partial charge in [0, 0.05) is 0 Å². The van der Waals surface area contributed by atoms with Crippen molar-refractivity contribution < 1.29 is 13.2 Å². The molecule has 1 aliphatic carbocycles. The van der Waals surface area contributed by atoms with E-state index in [-0.39, 0.29) is 10.9 Å². The molecule has 2 N–H and O–H groups in total. The molecule has 0 unspecified atom stereocenters. The highest BCUT2D eigenvalue weighted by atomic mass is 35.5. The van der Waals surface area contributed by atoms with E-state index in [1.165, 1.54) is 12.1 Å². The van der Waals surface area contributed by atoms with E-state index in [0.717, 1.165) is 18.1 Å². The van der Waals surface area contributed by atoms with Crippen LogP contribution in [0, 0.1) is 5.92 Å². The van der Waals surface area contributed by atoms with Gasteiger partial charge in [0.1, 0.15) is 0 Å². The highest BCUT2D eigenvalue weighted by Crippen LogP contribution is 2.48. The van der Waals surface area contributed by atoms with Gasteiger partial charge in [-0.05, 0) is 42.5 Å². The summed E-state index contributed by atoms with van der Waals surface area (Å²) in [6, 6.07) is 3.95. The van der Waals surface area contributed by atoms with Crippen LogP contribution < -0.4 is 5.73 Å². The third-order valence-electron chi connectivity index (χ3n) is 2.95. The third-order valence-corrected chi connectivity index (χ3v) is 3.26. The number of halogens is 4. The molecular weight excluding hydrogens is 239 g/mol. The zero-order valence-corrected chi connectivity index (χ0v) is 9.15. The Bertz CT molecular complexity index is 403. The lowest BCUT2D eigenvalue weighted by molar-refractivity contribution is -0.137. The Kier molecular flexibility index (Phi) is 2.88. The van der Waals surface area contributed by atoms with E-state index in [2.05, 4.69) is 0 Å². The molecule has 0 bridgehead atoms. The SMILES string of the molecule is NC[C@@H]1C[C@H]1c1ccc(C(F)(F)F)c(Cl)c1. The molecule has 0 aliphatic heterocycles. The summed E-state index contributed by atoms with van der Waals surface area (Å²) in [5.74, 6) is 0.678. The number of rotatable bonds is 2. The smallest absolute Gasteiger partial charge is 0.330 e. The molecule has 5 heteroatoms. The molecule has 1 nitrogen and oxygen atoms in total. The van der Waals surface area contributed by atoms with Gasteiger partial charge in [-0.15, -0.1) is 0 Å². The zero-order chi connectivity index (χ0) is 11.9. The molecular formula is C11H11ClF3N. The van der Waals surface area contributed by atoms with Crippen LogP contribution in [0.4, 0.5) is 13.2 Å². The first-order valence-electron chi connectivity index (χ1n) is 5.00. The van der Waals surface area contributed by atoms with Gasteiger partial charge in [-0.3, -0.25) is 0 Å². The average molecular weight is 250 g/mol. The fourth-order valence-electron chi connectivity index (χ4n) is 1.91. The highest BCUT2D eigenvalue weighted by Gasteiger charge is 2.38. The van der Waals surface area contributed by atoms with Crippen LogP contribution in [0.15, 0.2) is 18.2 Å². The van der Waals surface area contributed by atoms with Crippen molar-refractivity contribution >= 4 is 11.6 Å². The van der Waals surface area contributed by atoms with Gasteiger partial charge in [0.05, 0.1) is 10.6 Å². The molecule has 0 aromatic heterocycles. The van der Waals surface area contributed by atoms with Crippen LogP contribution in [0.1, 0.15) is 23.5 Å². The van der Waals surface area contributed by atoms with Gasteiger partial charge in [-0.2, -0.15) is 13.2 Å². The number of hydrogen-bond donors (Lipinski definition) is 1. The molecule has 1 aliphatic rings. The number of nitrogens with two attached hydrogens (primary N) is 1. The van der Waals surface area contributed by atoms with Crippen LogP contribution in [-0.2, 0) is 6.18 Å². The first-order valence-corrected chi connectivity index (χ1v) is 5.38. The Labute approximate surface area is 96.4 Å². The van der Waals surface area contributed by atoms with E-state index in [4.69, 9.17) is 17.3 Å². The van der Waals surface area contributed by atoms with Gasteiger partial charge < -0.3 is 5.73 Å². The molecule has 1 saturated carbocycles. The van der Waals surface area contributed by atoms with Gasteiger partial charge in [0.15, 0.2) is 0 Å². The Hall–Kier alpha value is -0.740. The molecule has 2 atom stereocenters. The van der Waals surface area contributed by atoms with E-state index in [1.807, 2.05) is 0 Å². The first-order chi connectivity index (χ1) is 7.43. The van der Waals surface area contributed by atoms with Gasteiger partial charge in [-0.1, -0.05) is 17.7 Å². The minimum Gasteiger partial charge on any atom is -0.330 e. The molecule has 0 spiro atoms. The molecule has 0 heterocycles. The standard InChI is InChI=1S/C11H11ClF3N/c12-10-4-6(8-3-7(8)5-16)1-2-9(10)11(13,14)15/h1-2,4,7-8H,3,5,16H2/t7-,8-/m0/s1. The van der Waals surface area contributed by atoms with Crippen molar-refractivity contribution in [2.24, 2.45) is 11.7 Å². The maximum atomic E-state index is 12.4. The predicted molar refractivity (Wildman–Crippen MR) is 56.4 cm³/mol. The second-order valence-corrected chi connectivity index (χ2v) is 4.48. The Morgan fingerprint density at radius 2 is 2.06 bits per heavy atom. The Morgan fingerprint density at radius 3 is 2.50 bits per heavy atom. The number of hydrogen-bond acceptors (Lipinski definition) is 1. The van der Waals surface area contributed by atoms with Crippen molar-refractivity contribution in [2.75, 3.05) is 6.54 Å². The fraction of sp³-hybridized carbons (Fsp3) is 0.455. The molecule has 16 heavy (non-hydrogen) atoms. The number of alkyl halides is 3. The van der Waals surface area contributed by atoms with E-state index < -0.39 is 11.7 Å². The second-order valence-electron chi connectivity index (χ2n) is 4.08. The summed E-state index contributed by atoms with van der Waals surface area (Å²) in [6.45, 7) is 0.573. The molecule has 1 aromatic carbocycles. The van der Waals surface area contributed by atoms with Gasteiger partial charge >= 0.3 is 6.18 Å². The lowest BCUT2D eigenvalue weighted by Gasteiger charge is -2.10. The number of benzene rings is 1. The summed E-state index contributed by atoms with van der Waals surface area (Å²) in [4.78, 5) is 0. The molecule has 0 radical (unpaired) electrons. The van der Waals surface area contributed by atoms with E-state index in [0.29, 0.717) is 12.5 Å². The maximum Gasteiger partial charge on any atom is 0.417 e. The van der Waals surface area contributed by atoms with Crippen molar-refractivity contribution in [2.45, 2.75) is 18.5 Å². The first kappa shape index (κ1) is 11.7. The molecule has 0 saturated heterocycles.